The Morgan fingerprint density at radius 3 is 2.75 bits per heavy atom. The van der Waals surface area contributed by atoms with E-state index in [9.17, 15) is 9.59 Å². The molecule has 4 heterocycles. The first kappa shape index (κ1) is 14.9. The SMILES string of the molecule is O=C1CC[C@@H]2[C@@H](CCN2C(=O)c2ccn[nH]2)N1Cc1ccncc1. The Hall–Kier alpha value is -2.70. The quantitative estimate of drug-likeness (QED) is 0.919. The van der Waals surface area contributed by atoms with Crippen LogP contribution in [0.2, 0.25) is 0 Å². The molecule has 2 atom stereocenters. The summed E-state index contributed by atoms with van der Waals surface area (Å²) in [6.07, 6.45) is 7.10. The fraction of sp³-hybridized carbons (Fsp3) is 0.412. The summed E-state index contributed by atoms with van der Waals surface area (Å²) in [7, 11) is 0. The van der Waals surface area contributed by atoms with Crippen molar-refractivity contribution in [1.82, 2.24) is 25.0 Å². The normalized spacial score (nSPS) is 23.4. The first-order chi connectivity index (χ1) is 11.7. The molecule has 4 rings (SSSR count). The average molecular weight is 325 g/mol. The van der Waals surface area contributed by atoms with Crippen LogP contribution < -0.4 is 0 Å². The molecular weight excluding hydrogens is 306 g/mol. The monoisotopic (exact) mass is 325 g/mol. The standard InChI is InChI=1S/C17H19N5O2/c23-16-2-1-14-15(22(16)11-12-3-7-18-8-4-12)6-10-21(14)17(24)13-5-9-19-20-13/h3-5,7-9,14-15H,1-2,6,10-11H2,(H,19,20)/t14-,15-/m1/s1. The summed E-state index contributed by atoms with van der Waals surface area (Å²) >= 11 is 0. The molecule has 0 bridgehead atoms. The van der Waals surface area contributed by atoms with E-state index in [1.165, 1.54) is 0 Å². The summed E-state index contributed by atoms with van der Waals surface area (Å²) in [5.74, 6) is 0.141. The van der Waals surface area contributed by atoms with E-state index < -0.39 is 0 Å². The minimum atomic E-state index is -0.0294. The molecule has 124 valence electrons. The van der Waals surface area contributed by atoms with Gasteiger partial charge in [0.25, 0.3) is 5.91 Å². The van der Waals surface area contributed by atoms with E-state index >= 15 is 0 Å². The van der Waals surface area contributed by atoms with Gasteiger partial charge in [-0.1, -0.05) is 0 Å². The summed E-state index contributed by atoms with van der Waals surface area (Å²) in [5.41, 5.74) is 1.57. The third-order valence-corrected chi connectivity index (χ3v) is 4.98. The van der Waals surface area contributed by atoms with Crippen molar-refractivity contribution in [2.24, 2.45) is 0 Å². The number of H-pyrrole nitrogens is 1. The van der Waals surface area contributed by atoms with Crippen LogP contribution in [0.3, 0.4) is 0 Å². The fourth-order valence-electron chi connectivity index (χ4n) is 3.82. The molecule has 0 radical (unpaired) electrons. The lowest BCUT2D eigenvalue weighted by Gasteiger charge is -2.39. The number of hydrogen-bond acceptors (Lipinski definition) is 4. The zero-order valence-electron chi connectivity index (χ0n) is 13.3. The van der Waals surface area contributed by atoms with Gasteiger partial charge in [0.05, 0.1) is 12.1 Å². The first-order valence-corrected chi connectivity index (χ1v) is 8.23. The number of carbonyl (C=O) groups is 2. The maximum atomic E-state index is 12.7. The van der Waals surface area contributed by atoms with Gasteiger partial charge in [-0.15, -0.1) is 0 Å². The molecule has 2 aromatic heterocycles. The van der Waals surface area contributed by atoms with Crippen LogP contribution in [0, 0.1) is 0 Å². The number of pyridine rings is 1. The maximum Gasteiger partial charge on any atom is 0.272 e. The van der Waals surface area contributed by atoms with E-state index in [0.717, 1.165) is 18.4 Å². The summed E-state index contributed by atoms with van der Waals surface area (Å²) in [5, 5.41) is 6.60. The number of likely N-dealkylation sites (tertiary alicyclic amines) is 2. The van der Waals surface area contributed by atoms with Crippen molar-refractivity contribution in [3.8, 4) is 0 Å². The van der Waals surface area contributed by atoms with Crippen LogP contribution in [0.4, 0.5) is 0 Å². The molecule has 24 heavy (non-hydrogen) atoms. The minimum Gasteiger partial charge on any atom is -0.333 e. The molecule has 1 N–H and O–H groups in total. The van der Waals surface area contributed by atoms with Gasteiger partial charge in [-0.2, -0.15) is 5.10 Å². The molecule has 0 spiro atoms. The number of aromatic amines is 1. The number of fused-ring (bicyclic) bond motifs is 1. The molecule has 2 fully saturated rings. The summed E-state index contributed by atoms with van der Waals surface area (Å²) in [6.45, 7) is 1.25. The van der Waals surface area contributed by atoms with E-state index in [1.807, 2.05) is 21.9 Å². The van der Waals surface area contributed by atoms with E-state index in [2.05, 4.69) is 15.2 Å². The van der Waals surface area contributed by atoms with Crippen molar-refractivity contribution in [2.45, 2.75) is 37.9 Å². The van der Waals surface area contributed by atoms with Crippen LogP contribution in [-0.2, 0) is 11.3 Å². The van der Waals surface area contributed by atoms with Crippen molar-refractivity contribution in [3.63, 3.8) is 0 Å². The van der Waals surface area contributed by atoms with Crippen LogP contribution in [-0.4, -0.2) is 55.4 Å². The lowest BCUT2D eigenvalue weighted by Crippen LogP contribution is -2.52. The number of piperidine rings is 1. The Morgan fingerprint density at radius 1 is 1.17 bits per heavy atom. The highest BCUT2D eigenvalue weighted by Gasteiger charge is 2.45. The number of rotatable bonds is 3. The number of nitrogens with one attached hydrogen (secondary N) is 1. The van der Waals surface area contributed by atoms with E-state index in [-0.39, 0.29) is 23.9 Å². The van der Waals surface area contributed by atoms with Crippen molar-refractivity contribution >= 4 is 11.8 Å². The van der Waals surface area contributed by atoms with Crippen molar-refractivity contribution in [1.29, 1.82) is 0 Å². The molecule has 2 aliphatic heterocycles. The number of hydrogen-bond donors (Lipinski definition) is 1. The molecule has 0 unspecified atom stereocenters. The van der Waals surface area contributed by atoms with Crippen LogP contribution in [0.1, 0.15) is 35.3 Å². The summed E-state index contributed by atoms with van der Waals surface area (Å²) in [6, 6.07) is 5.73. The smallest absolute Gasteiger partial charge is 0.272 e. The van der Waals surface area contributed by atoms with Crippen molar-refractivity contribution in [2.75, 3.05) is 6.54 Å². The average Bonchev–Trinajstić information content (AvgIpc) is 3.27. The van der Waals surface area contributed by atoms with Gasteiger partial charge in [-0.05, 0) is 36.6 Å². The highest BCUT2D eigenvalue weighted by atomic mass is 16.2. The molecule has 0 saturated carbocycles. The zero-order chi connectivity index (χ0) is 16.5. The van der Waals surface area contributed by atoms with Gasteiger partial charge < -0.3 is 9.80 Å². The van der Waals surface area contributed by atoms with Gasteiger partial charge in [0, 0.05) is 38.1 Å². The Labute approximate surface area is 139 Å². The van der Waals surface area contributed by atoms with Crippen LogP contribution >= 0.6 is 0 Å². The predicted octanol–water partition coefficient (Wildman–Crippen LogP) is 1.21. The zero-order valence-corrected chi connectivity index (χ0v) is 13.3. The van der Waals surface area contributed by atoms with E-state index in [1.54, 1.807) is 24.7 Å². The van der Waals surface area contributed by atoms with Gasteiger partial charge in [0.1, 0.15) is 5.69 Å². The summed E-state index contributed by atoms with van der Waals surface area (Å²) < 4.78 is 0. The van der Waals surface area contributed by atoms with Gasteiger partial charge in [-0.25, -0.2) is 0 Å². The predicted molar refractivity (Wildman–Crippen MR) is 85.8 cm³/mol. The van der Waals surface area contributed by atoms with Gasteiger partial charge in [0.15, 0.2) is 0 Å². The molecule has 2 aliphatic rings. The van der Waals surface area contributed by atoms with Gasteiger partial charge >= 0.3 is 0 Å². The number of aromatic nitrogens is 3. The van der Waals surface area contributed by atoms with Crippen molar-refractivity contribution < 1.29 is 9.59 Å². The molecule has 7 heteroatoms. The lowest BCUT2D eigenvalue weighted by molar-refractivity contribution is -0.138. The Bertz CT molecular complexity index is 731. The van der Waals surface area contributed by atoms with E-state index in [0.29, 0.717) is 25.2 Å². The third kappa shape index (κ3) is 2.55. The third-order valence-electron chi connectivity index (χ3n) is 4.98. The van der Waals surface area contributed by atoms with Crippen molar-refractivity contribution in [3.05, 3.63) is 48.0 Å². The second-order valence-electron chi connectivity index (χ2n) is 6.31. The molecule has 7 nitrogen and oxygen atoms in total. The second-order valence-corrected chi connectivity index (χ2v) is 6.31. The lowest BCUT2D eigenvalue weighted by atomic mass is 9.95. The largest absolute Gasteiger partial charge is 0.333 e. The summed E-state index contributed by atoms with van der Waals surface area (Å²) in [4.78, 5) is 32.9. The number of nitrogens with zero attached hydrogens (tertiary/aromatic N) is 4. The molecule has 2 amide bonds. The second kappa shape index (κ2) is 6.07. The topological polar surface area (TPSA) is 82.2 Å². The van der Waals surface area contributed by atoms with Gasteiger partial charge in [-0.3, -0.25) is 19.7 Å². The Morgan fingerprint density at radius 2 is 2.00 bits per heavy atom. The molecular formula is C17H19N5O2. The first-order valence-electron chi connectivity index (χ1n) is 8.23. The van der Waals surface area contributed by atoms with Gasteiger partial charge in [0.2, 0.25) is 5.91 Å². The van der Waals surface area contributed by atoms with Crippen LogP contribution in [0.25, 0.3) is 0 Å². The molecule has 2 saturated heterocycles. The van der Waals surface area contributed by atoms with E-state index in [4.69, 9.17) is 0 Å². The fourth-order valence-corrected chi connectivity index (χ4v) is 3.82. The number of amides is 2. The van der Waals surface area contributed by atoms with Crippen LogP contribution in [0.15, 0.2) is 36.8 Å². The minimum absolute atomic E-state index is 0.0294. The highest BCUT2D eigenvalue weighted by molar-refractivity contribution is 5.93. The molecule has 2 aromatic rings. The molecule has 0 aromatic carbocycles. The van der Waals surface area contributed by atoms with Crippen LogP contribution in [0.5, 0.6) is 0 Å². The molecule has 0 aliphatic carbocycles. The Balaban J connectivity index is 1.54. The highest BCUT2D eigenvalue weighted by Crippen LogP contribution is 2.33. The Kier molecular flexibility index (Phi) is 3.76. The number of carbonyl (C=O) groups excluding carboxylic acids is 2. The maximum absolute atomic E-state index is 12.7.